The number of hydrogen-bond donors (Lipinski definition) is 1. The molecule has 1 atom stereocenters. The molecule has 0 aromatic heterocycles. The lowest BCUT2D eigenvalue weighted by Crippen LogP contribution is -2.53. The zero-order chi connectivity index (χ0) is 16.4. The fraction of sp³-hybridized carbons (Fsp3) is 0.632. The molecule has 0 unspecified atom stereocenters. The summed E-state index contributed by atoms with van der Waals surface area (Å²) in [7, 11) is 0. The Kier molecular flexibility index (Phi) is 4.83. The van der Waals surface area contributed by atoms with Crippen LogP contribution in [0.15, 0.2) is 24.3 Å². The monoisotopic (exact) mass is 329 g/mol. The molecule has 1 amide bonds. The van der Waals surface area contributed by atoms with Gasteiger partial charge in [-0.1, -0.05) is 24.3 Å². The van der Waals surface area contributed by atoms with Gasteiger partial charge in [0.05, 0.1) is 19.3 Å². The molecule has 24 heavy (non-hydrogen) atoms. The summed E-state index contributed by atoms with van der Waals surface area (Å²) in [5, 5.41) is 3.21. The molecule has 1 N–H and O–H groups in total. The first-order valence-corrected chi connectivity index (χ1v) is 9.21. The number of hydrogen-bond acceptors (Lipinski definition) is 4. The van der Waals surface area contributed by atoms with E-state index in [0.717, 1.165) is 65.2 Å². The minimum atomic E-state index is -0.0264. The van der Waals surface area contributed by atoms with E-state index in [4.69, 9.17) is 4.74 Å². The molecule has 3 aliphatic rings. The zero-order valence-electron chi connectivity index (χ0n) is 14.2. The van der Waals surface area contributed by atoms with Crippen LogP contribution in [-0.2, 0) is 22.5 Å². The first-order chi connectivity index (χ1) is 11.8. The molecule has 2 heterocycles. The highest BCUT2D eigenvalue weighted by Gasteiger charge is 2.34. The summed E-state index contributed by atoms with van der Waals surface area (Å²) < 4.78 is 5.43. The molecule has 1 aromatic carbocycles. The van der Waals surface area contributed by atoms with Gasteiger partial charge in [0.1, 0.15) is 0 Å². The second-order valence-corrected chi connectivity index (χ2v) is 7.20. The Morgan fingerprint density at radius 2 is 1.88 bits per heavy atom. The van der Waals surface area contributed by atoms with Crippen LogP contribution in [0.25, 0.3) is 0 Å². The number of rotatable bonds is 5. The van der Waals surface area contributed by atoms with Crippen LogP contribution < -0.4 is 5.32 Å². The van der Waals surface area contributed by atoms with Crippen molar-refractivity contribution >= 4 is 5.91 Å². The molecule has 0 bridgehead atoms. The maximum atomic E-state index is 12.7. The van der Waals surface area contributed by atoms with E-state index in [1.165, 1.54) is 11.1 Å². The van der Waals surface area contributed by atoms with E-state index in [9.17, 15) is 4.79 Å². The Morgan fingerprint density at radius 3 is 2.62 bits per heavy atom. The average molecular weight is 329 g/mol. The Morgan fingerprint density at radius 1 is 1.12 bits per heavy atom. The molecule has 5 heteroatoms. The number of fused-ring (bicyclic) bond motifs is 1. The number of benzene rings is 1. The van der Waals surface area contributed by atoms with Crippen molar-refractivity contribution in [3.63, 3.8) is 0 Å². The molecule has 0 spiro atoms. The molecule has 1 saturated heterocycles. The van der Waals surface area contributed by atoms with Crippen LogP contribution in [0.4, 0.5) is 0 Å². The van der Waals surface area contributed by atoms with Crippen molar-refractivity contribution in [2.75, 3.05) is 39.4 Å². The van der Waals surface area contributed by atoms with Gasteiger partial charge in [-0.2, -0.15) is 0 Å². The lowest BCUT2D eigenvalue weighted by molar-refractivity contribution is -0.127. The Bertz CT molecular complexity index is 582. The molecule has 2 fully saturated rings. The number of amides is 1. The van der Waals surface area contributed by atoms with Gasteiger partial charge in [0.2, 0.25) is 5.91 Å². The van der Waals surface area contributed by atoms with Gasteiger partial charge < -0.3 is 10.1 Å². The van der Waals surface area contributed by atoms with Crippen LogP contribution in [0, 0.1) is 0 Å². The summed E-state index contributed by atoms with van der Waals surface area (Å²) in [5.41, 5.74) is 2.70. The zero-order valence-corrected chi connectivity index (χ0v) is 14.2. The predicted molar refractivity (Wildman–Crippen MR) is 92.8 cm³/mol. The van der Waals surface area contributed by atoms with Crippen molar-refractivity contribution in [1.82, 2.24) is 15.1 Å². The van der Waals surface area contributed by atoms with Gasteiger partial charge in [0.15, 0.2) is 0 Å². The Balaban J connectivity index is 1.44. The highest BCUT2D eigenvalue weighted by Crippen LogP contribution is 2.25. The first kappa shape index (κ1) is 16.1. The van der Waals surface area contributed by atoms with Gasteiger partial charge in [-0.15, -0.1) is 0 Å². The molecule has 1 aliphatic carbocycles. The number of morpholine rings is 1. The summed E-state index contributed by atoms with van der Waals surface area (Å²) in [5.74, 6) is 0.217. The van der Waals surface area contributed by atoms with Crippen LogP contribution in [0.5, 0.6) is 0 Å². The predicted octanol–water partition coefficient (Wildman–Crippen LogP) is 1.02. The van der Waals surface area contributed by atoms with Gasteiger partial charge in [-0.3, -0.25) is 14.6 Å². The van der Waals surface area contributed by atoms with Crippen molar-refractivity contribution in [3.8, 4) is 0 Å². The van der Waals surface area contributed by atoms with Crippen molar-refractivity contribution < 1.29 is 9.53 Å². The number of ether oxygens (including phenoxy) is 1. The molecular weight excluding hydrogens is 302 g/mol. The van der Waals surface area contributed by atoms with Gasteiger partial charge >= 0.3 is 0 Å². The molecule has 5 nitrogen and oxygen atoms in total. The minimum Gasteiger partial charge on any atom is -0.379 e. The number of carbonyl (C=O) groups excluding carboxylic acids is 1. The summed E-state index contributed by atoms with van der Waals surface area (Å²) in [6.45, 7) is 6.49. The molecule has 2 aliphatic heterocycles. The third-order valence-corrected chi connectivity index (χ3v) is 5.38. The van der Waals surface area contributed by atoms with E-state index in [-0.39, 0.29) is 11.9 Å². The van der Waals surface area contributed by atoms with Crippen molar-refractivity contribution in [3.05, 3.63) is 35.4 Å². The largest absolute Gasteiger partial charge is 0.379 e. The maximum absolute atomic E-state index is 12.7. The standard InChI is InChI=1S/C19H27N3O2/c23-19(20-17-5-6-17)18-13-15-3-1-2-4-16(15)14-22(18)8-7-21-9-11-24-12-10-21/h1-4,17-18H,5-14H2,(H,20,23)/t18-/m1/s1. The molecule has 130 valence electrons. The Labute approximate surface area is 144 Å². The third kappa shape index (κ3) is 3.79. The molecule has 1 aromatic rings. The highest BCUT2D eigenvalue weighted by atomic mass is 16.5. The van der Waals surface area contributed by atoms with Crippen molar-refractivity contribution in [1.29, 1.82) is 0 Å². The van der Waals surface area contributed by atoms with Crippen molar-refractivity contribution in [2.45, 2.75) is 37.9 Å². The summed E-state index contributed by atoms with van der Waals surface area (Å²) >= 11 is 0. The van der Waals surface area contributed by atoms with E-state index in [0.29, 0.717) is 6.04 Å². The normalized spacial score (nSPS) is 25.2. The SMILES string of the molecule is O=C(NC1CC1)[C@H]1Cc2ccccc2CN1CCN1CCOCC1. The molecule has 0 radical (unpaired) electrons. The smallest absolute Gasteiger partial charge is 0.237 e. The first-order valence-electron chi connectivity index (χ1n) is 9.21. The van der Waals surface area contributed by atoms with Gasteiger partial charge in [0, 0.05) is 38.8 Å². The number of nitrogens with one attached hydrogen (secondary N) is 1. The summed E-state index contributed by atoms with van der Waals surface area (Å²) in [6, 6.07) is 8.96. The van der Waals surface area contributed by atoms with Gasteiger partial charge in [-0.05, 0) is 30.4 Å². The van der Waals surface area contributed by atoms with E-state index < -0.39 is 0 Å². The van der Waals surface area contributed by atoms with Crippen LogP contribution in [0.2, 0.25) is 0 Å². The van der Waals surface area contributed by atoms with Crippen molar-refractivity contribution in [2.24, 2.45) is 0 Å². The number of nitrogens with zero attached hydrogens (tertiary/aromatic N) is 2. The van der Waals surface area contributed by atoms with Crippen LogP contribution in [0.1, 0.15) is 24.0 Å². The maximum Gasteiger partial charge on any atom is 0.237 e. The second kappa shape index (κ2) is 7.21. The minimum absolute atomic E-state index is 0.0264. The van der Waals surface area contributed by atoms with Crippen LogP contribution in [-0.4, -0.2) is 67.2 Å². The van der Waals surface area contributed by atoms with E-state index in [1.54, 1.807) is 0 Å². The van der Waals surface area contributed by atoms with Crippen LogP contribution >= 0.6 is 0 Å². The average Bonchev–Trinajstić information content (AvgIpc) is 3.44. The molecule has 1 saturated carbocycles. The van der Waals surface area contributed by atoms with Gasteiger partial charge in [-0.25, -0.2) is 0 Å². The Hall–Kier alpha value is -1.43. The summed E-state index contributed by atoms with van der Waals surface area (Å²) in [4.78, 5) is 17.5. The second-order valence-electron chi connectivity index (χ2n) is 7.20. The lowest BCUT2D eigenvalue weighted by atomic mass is 9.93. The fourth-order valence-electron chi connectivity index (χ4n) is 3.69. The fourth-order valence-corrected chi connectivity index (χ4v) is 3.69. The van der Waals surface area contributed by atoms with E-state index in [1.807, 2.05) is 0 Å². The summed E-state index contributed by atoms with van der Waals surface area (Å²) in [6.07, 6.45) is 3.11. The van der Waals surface area contributed by atoms with Crippen LogP contribution in [0.3, 0.4) is 0 Å². The lowest BCUT2D eigenvalue weighted by Gasteiger charge is -2.37. The third-order valence-electron chi connectivity index (χ3n) is 5.38. The highest BCUT2D eigenvalue weighted by molar-refractivity contribution is 5.83. The van der Waals surface area contributed by atoms with E-state index >= 15 is 0 Å². The topological polar surface area (TPSA) is 44.8 Å². The van der Waals surface area contributed by atoms with Gasteiger partial charge in [0.25, 0.3) is 0 Å². The molecule has 4 rings (SSSR count). The number of carbonyl (C=O) groups is 1. The molecular formula is C19H27N3O2. The van der Waals surface area contributed by atoms with E-state index in [2.05, 4.69) is 39.4 Å². The quantitative estimate of drug-likeness (QED) is 0.876.